The van der Waals surface area contributed by atoms with Gasteiger partial charge in [0.2, 0.25) is 0 Å². The predicted molar refractivity (Wildman–Crippen MR) is 62.2 cm³/mol. The fourth-order valence-electron chi connectivity index (χ4n) is 2.10. The molecule has 16 heavy (non-hydrogen) atoms. The topological polar surface area (TPSA) is 41.2 Å². The van der Waals surface area contributed by atoms with Gasteiger partial charge in [-0.15, -0.1) is 0 Å². The lowest BCUT2D eigenvalue weighted by molar-refractivity contribution is 0.0342. The van der Waals surface area contributed by atoms with E-state index in [0.717, 1.165) is 38.4 Å². The number of morpholine rings is 1. The van der Waals surface area contributed by atoms with E-state index >= 15 is 0 Å². The highest BCUT2D eigenvalue weighted by atomic mass is 16.5. The van der Waals surface area contributed by atoms with Gasteiger partial charge in [0.05, 0.1) is 24.9 Å². The van der Waals surface area contributed by atoms with E-state index in [9.17, 15) is 0 Å². The summed E-state index contributed by atoms with van der Waals surface area (Å²) in [6.07, 6.45) is 1.86. The van der Waals surface area contributed by atoms with Gasteiger partial charge in [0.15, 0.2) is 0 Å². The van der Waals surface area contributed by atoms with Gasteiger partial charge in [-0.2, -0.15) is 5.10 Å². The Balaban J connectivity index is 1.77. The van der Waals surface area contributed by atoms with Crippen molar-refractivity contribution in [1.29, 1.82) is 0 Å². The fraction of sp³-hybridized carbons (Fsp3) is 0.417. The Labute approximate surface area is 94.2 Å². The zero-order valence-electron chi connectivity index (χ0n) is 9.15. The summed E-state index contributed by atoms with van der Waals surface area (Å²) in [5.74, 6) is 0. The van der Waals surface area contributed by atoms with Crippen molar-refractivity contribution >= 4 is 10.9 Å². The van der Waals surface area contributed by atoms with Gasteiger partial charge >= 0.3 is 0 Å². The first kappa shape index (κ1) is 9.81. The molecule has 1 aliphatic rings. The third kappa shape index (κ3) is 1.94. The monoisotopic (exact) mass is 217 g/mol. The van der Waals surface area contributed by atoms with Gasteiger partial charge in [-0.1, -0.05) is 12.1 Å². The minimum atomic E-state index is 0.853. The molecule has 1 fully saturated rings. The maximum absolute atomic E-state index is 5.34. The molecule has 0 spiro atoms. The molecule has 2 aromatic rings. The number of aromatic nitrogens is 2. The molecule has 1 aromatic heterocycles. The highest BCUT2D eigenvalue weighted by molar-refractivity contribution is 5.78. The second kappa shape index (κ2) is 4.23. The molecule has 2 heterocycles. The highest BCUT2D eigenvalue weighted by Crippen LogP contribution is 2.14. The molecule has 84 valence electrons. The summed E-state index contributed by atoms with van der Waals surface area (Å²) >= 11 is 0. The minimum Gasteiger partial charge on any atom is -0.379 e. The average Bonchev–Trinajstić information content (AvgIpc) is 2.77. The lowest BCUT2D eigenvalue weighted by atomic mass is 10.1. The molecule has 0 bridgehead atoms. The number of nitrogens with zero attached hydrogens (tertiary/aromatic N) is 2. The van der Waals surface area contributed by atoms with Crippen LogP contribution in [0.15, 0.2) is 24.4 Å². The second-order valence-electron chi connectivity index (χ2n) is 4.18. The van der Waals surface area contributed by atoms with Crippen LogP contribution in [0, 0.1) is 0 Å². The quantitative estimate of drug-likeness (QED) is 0.826. The van der Waals surface area contributed by atoms with Gasteiger partial charge in [0, 0.05) is 25.0 Å². The number of H-pyrrole nitrogens is 1. The SMILES string of the molecule is c1cc2cn[nH]c2cc1CN1CCOCC1. The maximum atomic E-state index is 5.34. The van der Waals surface area contributed by atoms with Crippen LogP contribution in [-0.4, -0.2) is 41.4 Å². The first-order valence-corrected chi connectivity index (χ1v) is 5.64. The largest absolute Gasteiger partial charge is 0.379 e. The van der Waals surface area contributed by atoms with E-state index in [4.69, 9.17) is 4.74 Å². The predicted octanol–water partition coefficient (Wildman–Crippen LogP) is 1.40. The van der Waals surface area contributed by atoms with Crippen molar-refractivity contribution in [1.82, 2.24) is 15.1 Å². The molecule has 4 heteroatoms. The highest BCUT2D eigenvalue weighted by Gasteiger charge is 2.10. The van der Waals surface area contributed by atoms with Crippen LogP contribution in [0.4, 0.5) is 0 Å². The number of ether oxygens (including phenoxy) is 1. The number of benzene rings is 1. The van der Waals surface area contributed by atoms with Crippen LogP contribution in [0.5, 0.6) is 0 Å². The van der Waals surface area contributed by atoms with Crippen LogP contribution in [0.3, 0.4) is 0 Å². The molecule has 0 aliphatic carbocycles. The van der Waals surface area contributed by atoms with Crippen LogP contribution in [-0.2, 0) is 11.3 Å². The van der Waals surface area contributed by atoms with E-state index < -0.39 is 0 Å². The van der Waals surface area contributed by atoms with Gasteiger partial charge in [-0.25, -0.2) is 0 Å². The Bertz CT molecular complexity index is 474. The Morgan fingerprint density at radius 1 is 1.31 bits per heavy atom. The van der Waals surface area contributed by atoms with E-state index in [2.05, 4.69) is 33.3 Å². The molecule has 1 N–H and O–H groups in total. The lowest BCUT2D eigenvalue weighted by Gasteiger charge is -2.26. The minimum absolute atomic E-state index is 0.853. The zero-order chi connectivity index (χ0) is 10.8. The first-order valence-electron chi connectivity index (χ1n) is 5.64. The summed E-state index contributed by atoms with van der Waals surface area (Å²) in [4.78, 5) is 2.42. The summed E-state index contributed by atoms with van der Waals surface area (Å²) in [5.41, 5.74) is 2.45. The van der Waals surface area contributed by atoms with Crippen molar-refractivity contribution in [3.63, 3.8) is 0 Å². The third-order valence-corrected chi connectivity index (χ3v) is 3.02. The smallest absolute Gasteiger partial charge is 0.0653 e. The van der Waals surface area contributed by atoms with Gasteiger partial charge in [-0.05, 0) is 11.6 Å². The van der Waals surface area contributed by atoms with Crippen molar-refractivity contribution in [2.45, 2.75) is 6.54 Å². The molecule has 0 radical (unpaired) electrons. The molecule has 0 amide bonds. The molecular formula is C12H15N3O. The molecule has 0 atom stereocenters. The van der Waals surface area contributed by atoms with E-state index in [0.29, 0.717) is 0 Å². The molecule has 3 rings (SSSR count). The van der Waals surface area contributed by atoms with Crippen LogP contribution in [0.1, 0.15) is 5.56 Å². The van der Waals surface area contributed by atoms with E-state index in [1.165, 1.54) is 10.9 Å². The van der Waals surface area contributed by atoms with Crippen molar-refractivity contribution in [3.8, 4) is 0 Å². The molecule has 1 aromatic carbocycles. The maximum Gasteiger partial charge on any atom is 0.0653 e. The lowest BCUT2D eigenvalue weighted by Crippen LogP contribution is -2.35. The summed E-state index contributed by atoms with van der Waals surface area (Å²) in [5, 5.41) is 8.21. The average molecular weight is 217 g/mol. The van der Waals surface area contributed by atoms with Crippen LogP contribution in [0.25, 0.3) is 10.9 Å². The van der Waals surface area contributed by atoms with Gasteiger partial charge in [-0.3, -0.25) is 10.00 Å². The van der Waals surface area contributed by atoms with Crippen molar-refractivity contribution < 1.29 is 4.74 Å². The summed E-state index contributed by atoms with van der Waals surface area (Å²) in [6.45, 7) is 4.76. The van der Waals surface area contributed by atoms with Crippen LogP contribution >= 0.6 is 0 Å². The third-order valence-electron chi connectivity index (χ3n) is 3.02. The number of rotatable bonds is 2. The number of aromatic amines is 1. The number of fused-ring (bicyclic) bond motifs is 1. The molecule has 0 saturated carbocycles. The van der Waals surface area contributed by atoms with Gasteiger partial charge in [0.25, 0.3) is 0 Å². The van der Waals surface area contributed by atoms with Crippen molar-refractivity contribution in [2.75, 3.05) is 26.3 Å². The standard InChI is InChI=1S/C12H15N3O/c1-2-11-8-13-14-12(11)7-10(1)9-15-3-5-16-6-4-15/h1-2,7-8H,3-6,9H2,(H,13,14). The first-order chi connectivity index (χ1) is 7.92. The Hall–Kier alpha value is -1.39. The molecular weight excluding hydrogens is 202 g/mol. The van der Waals surface area contributed by atoms with Crippen LogP contribution in [0.2, 0.25) is 0 Å². The summed E-state index contributed by atoms with van der Waals surface area (Å²) in [7, 11) is 0. The summed E-state index contributed by atoms with van der Waals surface area (Å²) in [6, 6.07) is 6.47. The Morgan fingerprint density at radius 2 is 2.19 bits per heavy atom. The molecule has 0 unspecified atom stereocenters. The molecule has 1 saturated heterocycles. The van der Waals surface area contributed by atoms with E-state index in [-0.39, 0.29) is 0 Å². The second-order valence-corrected chi connectivity index (χ2v) is 4.18. The van der Waals surface area contributed by atoms with E-state index in [1.807, 2.05) is 6.20 Å². The van der Waals surface area contributed by atoms with E-state index in [1.54, 1.807) is 0 Å². The van der Waals surface area contributed by atoms with Gasteiger partial charge in [0.1, 0.15) is 0 Å². The van der Waals surface area contributed by atoms with Crippen molar-refractivity contribution in [2.24, 2.45) is 0 Å². The van der Waals surface area contributed by atoms with Crippen molar-refractivity contribution in [3.05, 3.63) is 30.0 Å². The number of hydrogen-bond donors (Lipinski definition) is 1. The van der Waals surface area contributed by atoms with Gasteiger partial charge < -0.3 is 4.74 Å². The number of hydrogen-bond acceptors (Lipinski definition) is 3. The zero-order valence-corrected chi connectivity index (χ0v) is 9.15. The number of nitrogens with one attached hydrogen (secondary N) is 1. The summed E-state index contributed by atoms with van der Waals surface area (Å²) < 4.78 is 5.34. The Morgan fingerprint density at radius 3 is 3.06 bits per heavy atom. The Kier molecular flexibility index (Phi) is 2.60. The molecule has 1 aliphatic heterocycles. The molecule has 4 nitrogen and oxygen atoms in total. The normalized spacial score (nSPS) is 18.0. The van der Waals surface area contributed by atoms with Crippen LogP contribution < -0.4 is 0 Å². The fourth-order valence-corrected chi connectivity index (χ4v) is 2.10.